The summed E-state index contributed by atoms with van der Waals surface area (Å²) in [6, 6.07) is 60.9. The molecule has 0 saturated heterocycles. The first-order chi connectivity index (χ1) is 22.3. The van der Waals surface area contributed by atoms with E-state index in [9.17, 15) is 0 Å². The van der Waals surface area contributed by atoms with E-state index in [2.05, 4.69) is 190 Å². The van der Waals surface area contributed by atoms with Crippen molar-refractivity contribution in [2.24, 2.45) is 0 Å². The summed E-state index contributed by atoms with van der Waals surface area (Å²) in [6.07, 6.45) is 2.20. The quantitative estimate of drug-likeness (QED) is 0.199. The van der Waals surface area contributed by atoms with Crippen LogP contribution < -0.4 is 4.90 Å². The van der Waals surface area contributed by atoms with Gasteiger partial charge in [0.15, 0.2) is 0 Å². The lowest BCUT2D eigenvalue weighted by Gasteiger charge is -2.26. The van der Waals surface area contributed by atoms with E-state index in [0.717, 1.165) is 22.7 Å². The Morgan fingerprint density at radius 2 is 1.04 bits per heavy atom. The SMILES string of the molecule is c1ccc(N(c2ccc(-n3ccc4c3ccc3c5ccccc5n(-c5ccccc5)c34)cc2)c2ccc3ccccc3c2)cc1. The highest BCUT2D eigenvalue weighted by Gasteiger charge is 2.17. The van der Waals surface area contributed by atoms with Crippen LogP contribution in [0.5, 0.6) is 0 Å². The molecular weight excluding hydrogens is 546 g/mol. The first-order valence-electron chi connectivity index (χ1n) is 15.4. The fourth-order valence-corrected chi connectivity index (χ4v) is 6.85. The number of benzene rings is 7. The lowest BCUT2D eigenvalue weighted by Crippen LogP contribution is -2.10. The molecule has 0 aliphatic heterocycles. The zero-order valence-corrected chi connectivity index (χ0v) is 24.6. The second-order valence-corrected chi connectivity index (χ2v) is 11.5. The number of hydrogen-bond acceptors (Lipinski definition) is 1. The van der Waals surface area contributed by atoms with Gasteiger partial charge in [-0.3, -0.25) is 0 Å². The molecule has 2 heterocycles. The maximum Gasteiger partial charge on any atom is 0.0635 e. The predicted molar refractivity (Wildman–Crippen MR) is 190 cm³/mol. The maximum atomic E-state index is 2.40. The zero-order chi connectivity index (χ0) is 29.7. The lowest BCUT2D eigenvalue weighted by molar-refractivity contribution is 1.12. The Morgan fingerprint density at radius 1 is 0.378 bits per heavy atom. The molecule has 0 radical (unpaired) electrons. The number of para-hydroxylation sites is 3. The summed E-state index contributed by atoms with van der Waals surface area (Å²) in [4.78, 5) is 2.33. The van der Waals surface area contributed by atoms with Crippen molar-refractivity contribution in [3.63, 3.8) is 0 Å². The van der Waals surface area contributed by atoms with Crippen molar-refractivity contribution in [2.75, 3.05) is 4.90 Å². The van der Waals surface area contributed by atoms with Gasteiger partial charge in [-0.05, 0) is 89.6 Å². The van der Waals surface area contributed by atoms with Crippen molar-refractivity contribution in [3.8, 4) is 11.4 Å². The van der Waals surface area contributed by atoms with E-state index < -0.39 is 0 Å². The van der Waals surface area contributed by atoms with Gasteiger partial charge in [-0.2, -0.15) is 0 Å². The molecule has 2 aromatic heterocycles. The second kappa shape index (κ2) is 10.3. The van der Waals surface area contributed by atoms with Gasteiger partial charge in [0.2, 0.25) is 0 Å². The number of hydrogen-bond donors (Lipinski definition) is 0. The molecule has 0 amide bonds. The minimum atomic E-state index is 1.11. The lowest BCUT2D eigenvalue weighted by atomic mass is 10.1. The monoisotopic (exact) mass is 575 g/mol. The van der Waals surface area contributed by atoms with Crippen LogP contribution in [0, 0.1) is 0 Å². The van der Waals surface area contributed by atoms with Gasteiger partial charge in [0.25, 0.3) is 0 Å². The Hall–Kier alpha value is -6.06. The highest BCUT2D eigenvalue weighted by molar-refractivity contribution is 6.18. The summed E-state index contributed by atoms with van der Waals surface area (Å²) in [7, 11) is 0. The molecule has 0 spiro atoms. The first-order valence-corrected chi connectivity index (χ1v) is 15.4. The summed E-state index contributed by atoms with van der Waals surface area (Å²) < 4.78 is 4.70. The molecule has 212 valence electrons. The molecule has 3 nitrogen and oxygen atoms in total. The molecule has 7 aromatic carbocycles. The van der Waals surface area contributed by atoms with Gasteiger partial charge in [0.05, 0.1) is 16.6 Å². The third-order valence-corrected chi connectivity index (χ3v) is 8.91. The van der Waals surface area contributed by atoms with Gasteiger partial charge < -0.3 is 14.0 Å². The molecule has 0 atom stereocenters. The van der Waals surface area contributed by atoms with Crippen LogP contribution in [-0.2, 0) is 0 Å². The molecule has 0 unspecified atom stereocenters. The van der Waals surface area contributed by atoms with Crippen LogP contribution in [-0.4, -0.2) is 9.13 Å². The van der Waals surface area contributed by atoms with Gasteiger partial charge in [0, 0.05) is 50.8 Å². The van der Waals surface area contributed by atoms with Crippen LogP contribution in [0.3, 0.4) is 0 Å². The van der Waals surface area contributed by atoms with Crippen molar-refractivity contribution < 1.29 is 0 Å². The Bertz CT molecular complexity index is 2470. The van der Waals surface area contributed by atoms with Gasteiger partial charge >= 0.3 is 0 Å². The van der Waals surface area contributed by atoms with Crippen LogP contribution in [0.2, 0.25) is 0 Å². The molecular formula is C42H29N3. The summed E-state index contributed by atoms with van der Waals surface area (Å²) in [5, 5.41) is 6.24. The largest absolute Gasteiger partial charge is 0.316 e. The standard InChI is InChI=1S/C42H29N3/c1-3-13-33(14-4-1)44(36-20-19-30-11-7-8-12-31(30)29-36)35-23-21-32(22-24-35)43-28-27-39-40(43)26-25-38-37-17-9-10-18-41(37)45(42(38)39)34-15-5-2-6-16-34/h1-29H. The molecule has 0 bridgehead atoms. The smallest absolute Gasteiger partial charge is 0.0635 e. The second-order valence-electron chi connectivity index (χ2n) is 11.5. The van der Waals surface area contributed by atoms with Crippen LogP contribution >= 0.6 is 0 Å². The summed E-state index contributed by atoms with van der Waals surface area (Å²) in [5.41, 5.74) is 9.32. The third kappa shape index (κ3) is 4.13. The third-order valence-electron chi connectivity index (χ3n) is 8.91. The van der Waals surface area contributed by atoms with Crippen molar-refractivity contribution in [3.05, 3.63) is 176 Å². The van der Waals surface area contributed by atoms with Crippen LogP contribution in [0.15, 0.2) is 176 Å². The molecule has 9 aromatic rings. The van der Waals surface area contributed by atoms with E-state index in [4.69, 9.17) is 0 Å². The van der Waals surface area contributed by atoms with Crippen molar-refractivity contribution in [1.82, 2.24) is 9.13 Å². The summed E-state index contributed by atoms with van der Waals surface area (Å²) >= 11 is 0. The minimum Gasteiger partial charge on any atom is -0.316 e. The highest BCUT2D eigenvalue weighted by Crippen LogP contribution is 2.39. The molecule has 0 fully saturated rings. The Labute approximate surface area is 261 Å². The Balaban J connectivity index is 1.18. The number of aromatic nitrogens is 2. The van der Waals surface area contributed by atoms with E-state index in [1.807, 2.05) is 0 Å². The van der Waals surface area contributed by atoms with Gasteiger partial charge in [0.1, 0.15) is 0 Å². The van der Waals surface area contributed by atoms with E-state index in [1.165, 1.54) is 49.2 Å². The van der Waals surface area contributed by atoms with E-state index in [0.29, 0.717) is 0 Å². The Kier molecular flexibility index (Phi) is 5.82. The topological polar surface area (TPSA) is 13.1 Å². The van der Waals surface area contributed by atoms with E-state index in [1.54, 1.807) is 0 Å². The molecule has 3 heteroatoms. The molecule has 45 heavy (non-hydrogen) atoms. The summed E-state index contributed by atoms with van der Waals surface area (Å²) in [5.74, 6) is 0. The van der Waals surface area contributed by atoms with Crippen LogP contribution in [0.25, 0.3) is 54.9 Å². The van der Waals surface area contributed by atoms with Gasteiger partial charge in [-0.1, -0.05) is 91.0 Å². The average Bonchev–Trinajstić information content (AvgIpc) is 3.69. The molecule has 9 rings (SSSR count). The van der Waals surface area contributed by atoms with Crippen LogP contribution in [0.1, 0.15) is 0 Å². The fraction of sp³-hybridized carbons (Fsp3) is 0. The van der Waals surface area contributed by atoms with E-state index in [-0.39, 0.29) is 0 Å². The normalized spacial score (nSPS) is 11.6. The van der Waals surface area contributed by atoms with Crippen molar-refractivity contribution in [1.29, 1.82) is 0 Å². The Morgan fingerprint density at radius 3 is 1.87 bits per heavy atom. The van der Waals surface area contributed by atoms with Gasteiger partial charge in [-0.15, -0.1) is 0 Å². The van der Waals surface area contributed by atoms with Gasteiger partial charge in [-0.25, -0.2) is 0 Å². The van der Waals surface area contributed by atoms with Crippen LogP contribution in [0.4, 0.5) is 17.1 Å². The van der Waals surface area contributed by atoms with Crippen molar-refractivity contribution in [2.45, 2.75) is 0 Å². The minimum absolute atomic E-state index is 1.11. The predicted octanol–water partition coefficient (Wildman–Crippen LogP) is 11.4. The van der Waals surface area contributed by atoms with E-state index >= 15 is 0 Å². The molecule has 0 saturated carbocycles. The maximum absolute atomic E-state index is 2.40. The molecule has 0 aliphatic carbocycles. The molecule has 0 N–H and O–H groups in total. The average molecular weight is 576 g/mol. The number of nitrogens with zero attached hydrogens (tertiary/aromatic N) is 3. The number of fused-ring (bicyclic) bond motifs is 6. The van der Waals surface area contributed by atoms with Crippen molar-refractivity contribution >= 4 is 60.5 Å². The number of anilines is 3. The molecule has 0 aliphatic rings. The number of rotatable bonds is 5. The first kappa shape index (κ1) is 25.4. The summed E-state index contributed by atoms with van der Waals surface area (Å²) in [6.45, 7) is 0. The highest BCUT2D eigenvalue weighted by atomic mass is 15.1. The fourth-order valence-electron chi connectivity index (χ4n) is 6.85. The zero-order valence-electron chi connectivity index (χ0n) is 24.6.